The molecule has 29 heteroatoms. The van der Waals surface area contributed by atoms with Crippen LogP contribution in [0.5, 0.6) is 0 Å². The predicted molar refractivity (Wildman–Crippen MR) is 296 cm³/mol. The molecule has 0 aromatic carbocycles. The summed E-state index contributed by atoms with van der Waals surface area (Å²) in [5.74, 6) is -6.76. The minimum atomic E-state index is -1.36. The molecule has 1 saturated heterocycles. The second-order valence-corrected chi connectivity index (χ2v) is 19.5. The number of aliphatic imine (C=N–C) groups is 2. The zero-order chi connectivity index (χ0) is 58.7. The summed E-state index contributed by atoms with van der Waals surface area (Å²) in [6.45, 7) is 4.52. The molecule has 23 N–H and O–H groups in total. The average Bonchev–Trinajstić information content (AvgIpc) is 4.14. The number of aromatic nitrogens is 2. The molecule has 0 spiro atoms. The SMILES string of the molecule is CC(C)C[C@H](NC(=O)C[C@@H](O)CN)C(=O)NCC(=O)N=C(CCCN)C(=O)N1CCC[C@H]1C(=O)N[C@@H](Cc1cnc[nH]1)C(=O)N[C@@H](CCCCN)C(=O)N/C(=C\CCN=C(N)N)C(=O)N[C@@H](CCCCN)C(=O)NCCCCN. The molecule has 444 valence electrons. The Morgan fingerprint density at radius 3 is 2.04 bits per heavy atom. The standard InChI is InChI=1S/C50H89N19O10/c1-31(2)24-38(64-41(71)26-33(70)27-55)44(74)61-29-42(72)63-37(14-9-20-54)49(79)69-23-11-16-40(69)48(78)68-39(25-32-28-58-30-62-32)47(77)67-35(13-4-6-18-52)45(75)66-36(15-10-22-60-50(56)57)46(76)65-34(12-3-5-17-51)43(73)59-21-8-7-19-53/h15,28,30-31,33-35,38-40,70H,3-14,16-27,29,51-55H2,1-2H3,(H,58,62)(H,59,73)(H,61,74)(H,64,71)(H,65,76)(H,66,75)(H,67,77)(H,68,78)(H4,56,57,60)/b36-15-,63-37?/t33-,34+,35+,38+,39+,40+/m1/s1. The second kappa shape index (κ2) is 38.6. The van der Waals surface area contributed by atoms with E-state index in [9.17, 15) is 48.3 Å². The summed E-state index contributed by atoms with van der Waals surface area (Å²) < 4.78 is 0. The van der Waals surface area contributed by atoms with E-state index in [2.05, 4.69) is 57.2 Å². The molecule has 0 saturated carbocycles. The van der Waals surface area contributed by atoms with Crippen LogP contribution >= 0.6 is 0 Å². The van der Waals surface area contributed by atoms with E-state index in [1.807, 2.05) is 13.8 Å². The highest BCUT2D eigenvalue weighted by Crippen LogP contribution is 2.20. The number of amides is 9. The molecule has 0 unspecified atom stereocenters. The fraction of sp³-hybridized carbons (Fsp3) is 0.680. The Hall–Kier alpha value is -6.92. The number of guanidine groups is 1. The number of aromatic amines is 1. The number of nitrogens with one attached hydrogen (secondary N) is 8. The van der Waals surface area contributed by atoms with E-state index < -0.39 is 96.0 Å². The quantitative estimate of drug-likeness (QED) is 0.0127. The summed E-state index contributed by atoms with van der Waals surface area (Å²) in [5, 5.41) is 28.5. The van der Waals surface area contributed by atoms with Crippen LogP contribution in [0.25, 0.3) is 0 Å². The van der Waals surface area contributed by atoms with Crippen LogP contribution in [0.15, 0.2) is 34.3 Å². The van der Waals surface area contributed by atoms with Crippen molar-refractivity contribution in [3.8, 4) is 0 Å². The van der Waals surface area contributed by atoms with E-state index in [-0.39, 0.29) is 114 Å². The second-order valence-electron chi connectivity index (χ2n) is 19.5. The van der Waals surface area contributed by atoms with Crippen LogP contribution in [-0.4, -0.2) is 180 Å². The minimum absolute atomic E-state index is 0.0402. The smallest absolute Gasteiger partial charge is 0.269 e. The van der Waals surface area contributed by atoms with Crippen LogP contribution in [-0.2, 0) is 49.6 Å². The van der Waals surface area contributed by atoms with E-state index in [1.165, 1.54) is 23.5 Å². The number of nitrogens with two attached hydrogens (primary N) is 7. The van der Waals surface area contributed by atoms with Gasteiger partial charge < -0.3 is 92.3 Å². The third-order valence-corrected chi connectivity index (χ3v) is 12.4. The van der Waals surface area contributed by atoms with Crippen molar-refractivity contribution >= 4 is 64.8 Å². The third kappa shape index (κ3) is 27.0. The lowest BCUT2D eigenvalue weighted by Gasteiger charge is -2.28. The molecule has 1 aromatic rings. The van der Waals surface area contributed by atoms with Gasteiger partial charge in [0.05, 0.1) is 25.4 Å². The fourth-order valence-corrected chi connectivity index (χ4v) is 8.21. The number of likely N-dealkylation sites (tertiary alicyclic amines) is 1. The first-order valence-electron chi connectivity index (χ1n) is 27.2. The van der Waals surface area contributed by atoms with Gasteiger partial charge in [0, 0.05) is 44.5 Å². The van der Waals surface area contributed by atoms with Crippen LogP contribution in [0.4, 0.5) is 0 Å². The number of imidazole rings is 1. The van der Waals surface area contributed by atoms with Gasteiger partial charge in [-0.2, -0.15) is 0 Å². The highest BCUT2D eigenvalue weighted by atomic mass is 16.3. The Balaban J connectivity index is 2.42. The number of unbranched alkanes of at least 4 members (excludes halogenated alkanes) is 3. The minimum Gasteiger partial charge on any atom is -0.391 e. The number of nitrogens with zero attached hydrogens (tertiary/aromatic N) is 4. The summed E-state index contributed by atoms with van der Waals surface area (Å²) in [6.07, 6.45) is 7.13. The van der Waals surface area contributed by atoms with Gasteiger partial charge in [-0.1, -0.05) is 19.9 Å². The summed E-state index contributed by atoms with van der Waals surface area (Å²) in [4.78, 5) is 140. The Morgan fingerprint density at radius 1 is 0.785 bits per heavy atom. The van der Waals surface area contributed by atoms with E-state index >= 15 is 0 Å². The van der Waals surface area contributed by atoms with Crippen molar-refractivity contribution in [3.63, 3.8) is 0 Å². The number of carbonyl (C=O) groups is 9. The fourth-order valence-electron chi connectivity index (χ4n) is 8.21. The molecular weight excluding hydrogens is 1030 g/mol. The normalized spacial score (nSPS) is 15.5. The summed E-state index contributed by atoms with van der Waals surface area (Å²) in [7, 11) is 0. The first-order chi connectivity index (χ1) is 37.8. The summed E-state index contributed by atoms with van der Waals surface area (Å²) in [5.41, 5.74) is 39.3. The Morgan fingerprint density at radius 2 is 1.43 bits per heavy atom. The Kier molecular flexibility index (Phi) is 33.3. The van der Waals surface area contributed by atoms with Gasteiger partial charge >= 0.3 is 0 Å². The van der Waals surface area contributed by atoms with Crippen molar-refractivity contribution < 1.29 is 48.3 Å². The van der Waals surface area contributed by atoms with Gasteiger partial charge in [-0.3, -0.25) is 48.1 Å². The van der Waals surface area contributed by atoms with Crippen LogP contribution in [0.2, 0.25) is 0 Å². The molecule has 79 heavy (non-hydrogen) atoms. The first kappa shape index (κ1) is 68.2. The van der Waals surface area contributed by atoms with Crippen molar-refractivity contribution in [2.75, 3.05) is 58.9 Å². The highest BCUT2D eigenvalue weighted by molar-refractivity contribution is 6.40. The maximum Gasteiger partial charge on any atom is 0.269 e. The molecule has 0 radical (unpaired) electrons. The molecule has 29 nitrogen and oxygen atoms in total. The molecule has 0 aliphatic carbocycles. The van der Waals surface area contributed by atoms with Gasteiger partial charge in [0.15, 0.2) is 5.96 Å². The van der Waals surface area contributed by atoms with Crippen LogP contribution in [0.1, 0.15) is 116 Å². The van der Waals surface area contributed by atoms with E-state index in [1.54, 1.807) is 0 Å². The van der Waals surface area contributed by atoms with Gasteiger partial charge in [-0.15, -0.1) is 0 Å². The monoisotopic (exact) mass is 1120 g/mol. The van der Waals surface area contributed by atoms with Crippen molar-refractivity contribution in [1.29, 1.82) is 0 Å². The van der Waals surface area contributed by atoms with E-state index in [0.29, 0.717) is 70.3 Å². The van der Waals surface area contributed by atoms with Gasteiger partial charge in [0.2, 0.25) is 35.4 Å². The molecule has 9 amide bonds. The zero-order valence-electron chi connectivity index (χ0n) is 45.9. The topological polar surface area (TPSA) is 497 Å². The maximum absolute atomic E-state index is 14.4. The number of aliphatic hydroxyl groups is 1. The molecule has 6 atom stereocenters. The van der Waals surface area contributed by atoms with E-state index in [4.69, 9.17) is 40.1 Å². The van der Waals surface area contributed by atoms with Gasteiger partial charge in [-0.25, -0.2) is 9.98 Å². The van der Waals surface area contributed by atoms with Crippen LogP contribution in [0.3, 0.4) is 0 Å². The molecule has 1 aromatic heterocycles. The van der Waals surface area contributed by atoms with Gasteiger partial charge in [0.1, 0.15) is 41.6 Å². The number of hydrogen-bond acceptors (Lipinski definition) is 17. The lowest BCUT2D eigenvalue weighted by Crippen LogP contribution is -2.57. The van der Waals surface area contributed by atoms with Crippen molar-refractivity contribution in [3.05, 3.63) is 30.0 Å². The number of carbonyl (C=O) groups excluding carboxylic acids is 9. The third-order valence-electron chi connectivity index (χ3n) is 12.4. The molecule has 0 bridgehead atoms. The average molecular weight is 1120 g/mol. The molecule has 1 aliphatic rings. The first-order valence-corrected chi connectivity index (χ1v) is 27.2. The van der Waals surface area contributed by atoms with Crippen LogP contribution < -0.4 is 77.4 Å². The highest BCUT2D eigenvalue weighted by Gasteiger charge is 2.38. The lowest BCUT2D eigenvalue weighted by molar-refractivity contribution is -0.136. The zero-order valence-corrected chi connectivity index (χ0v) is 45.9. The number of aliphatic hydroxyl groups excluding tert-OH is 1. The molecule has 2 heterocycles. The predicted octanol–water partition coefficient (Wildman–Crippen LogP) is -4.76. The largest absolute Gasteiger partial charge is 0.391 e. The van der Waals surface area contributed by atoms with Crippen molar-refractivity contribution in [1.82, 2.24) is 52.1 Å². The Bertz CT molecular complexity index is 2190. The Labute approximate surface area is 461 Å². The number of H-pyrrole nitrogens is 1. The summed E-state index contributed by atoms with van der Waals surface area (Å²) in [6, 6.07) is -5.85. The van der Waals surface area contributed by atoms with Crippen molar-refractivity contribution in [2.45, 2.75) is 153 Å². The maximum atomic E-state index is 14.4. The van der Waals surface area contributed by atoms with Gasteiger partial charge in [0.25, 0.3) is 17.7 Å². The van der Waals surface area contributed by atoms with E-state index in [0.717, 1.165) is 0 Å². The molecule has 1 fully saturated rings. The van der Waals surface area contributed by atoms with Crippen molar-refractivity contribution in [2.24, 2.45) is 56.0 Å². The molecule has 1 aliphatic heterocycles. The number of rotatable bonds is 39. The summed E-state index contributed by atoms with van der Waals surface area (Å²) >= 11 is 0. The molecular formula is C50H89N19O10. The van der Waals surface area contributed by atoms with Crippen LogP contribution in [0, 0.1) is 5.92 Å². The van der Waals surface area contributed by atoms with Gasteiger partial charge in [-0.05, 0) is 122 Å². The number of hydrogen-bond donors (Lipinski definition) is 16. The lowest BCUT2D eigenvalue weighted by atomic mass is 10.0. The molecule has 2 rings (SSSR count).